The quantitative estimate of drug-likeness (QED) is 0.873. The molecule has 2 rings (SSSR count). The van der Waals surface area contributed by atoms with E-state index in [4.69, 9.17) is 10.5 Å². The summed E-state index contributed by atoms with van der Waals surface area (Å²) < 4.78 is 5.38. The van der Waals surface area contributed by atoms with Gasteiger partial charge in [-0.05, 0) is 43.5 Å². The lowest BCUT2D eigenvalue weighted by Gasteiger charge is -2.15. The summed E-state index contributed by atoms with van der Waals surface area (Å²) in [6, 6.07) is 2.05. The lowest BCUT2D eigenvalue weighted by molar-refractivity contribution is 0.411. The van der Waals surface area contributed by atoms with Crippen LogP contribution in [0.3, 0.4) is 0 Å². The highest BCUT2D eigenvalue weighted by Crippen LogP contribution is 2.34. The molecule has 96 valence electrons. The first-order valence-electron chi connectivity index (χ1n) is 5.97. The number of H-pyrrole nitrogens is 1. The third-order valence-electron chi connectivity index (χ3n) is 3.43. The zero-order chi connectivity index (χ0) is 13.3. The van der Waals surface area contributed by atoms with Gasteiger partial charge in [-0.25, -0.2) is 4.98 Å². The van der Waals surface area contributed by atoms with Crippen LogP contribution in [0.15, 0.2) is 12.4 Å². The van der Waals surface area contributed by atoms with Gasteiger partial charge in [0, 0.05) is 12.1 Å². The average molecular weight is 245 g/mol. The minimum Gasteiger partial charge on any atom is -0.496 e. The molecular formula is C14H19N3O. The van der Waals surface area contributed by atoms with E-state index in [0.29, 0.717) is 6.54 Å². The van der Waals surface area contributed by atoms with E-state index >= 15 is 0 Å². The van der Waals surface area contributed by atoms with Crippen molar-refractivity contribution in [2.75, 3.05) is 7.11 Å². The van der Waals surface area contributed by atoms with Crippen molar-refractivity contribution in [3.8, 4) is 17.0 Å². The number of methoxy groups -OCH3 is 1. The van der Waals surface area contributed by atoms with Crippen LogP contribution in [-0.2, 0) is 6.54 Å². The number of nitrogens with one attached hydrogen (secondary N) is 1. The van der Waals surface area contributed by atoms with Crippen molar-refractivity contribution in [1.29, 1.82) is 0 Å². The molecule has 0 aliphatic rings. The molecule has 1 heterocycles. The molecule has 4 heteroatoms. The lowest BCUT2D eigenvalue weighted by Crippen LogP contribution is -2.02. The van der Waals surface area contributed by atoms with E-state index in [9.17, 15) is 0 Å². The van der Waals surface area contributed by atoms with Gasteiger partial charge in [0.15, 0.2) is 0 Å². The van der Waals surface area contributed by atoms with E-state index < -0.39 is 0 Å². The van der Waals surface area contributed by atoms with Crippen LogP contribution in [0.25, 0.3) is 11.3 Å². The summed E-state index contributed by atoms with van der Waals surface area (Å²) in [6.07, 6.45) is 1.69. The van der Waals surface area contributed by atoms with Crippen molar-refractivity contribution in [2.45, 2.75) is 27.3 Å². The highest BCUT2D eigenvalue weighted by Gasteiger charge is 2.16. The largest absolute Gasteiger partial charge is 0.496 e. The Morgan fingerprint density at radius 2 is 2.00 bits per heavy atom. The smallest absolute Gasteiger partial charge is 0.122 e. The number of imidazole rings is 1. The molecule has 0 amide bonds. The molecule has 0 aliphatic heterocycles. The summed E-state index contributed by atoms with van der Waals surface area (Å²) in [5, 5.41) is 0. The number of aromatic amines is 1. The van der Waals surface area contributed by atoms with Crippen LogP contribution in [0.1, 0.15) is 22.4 Å². The zero-order valence-electron chi connectivity index (χ0n) is 11.3. The van der Waals surface area contributed by atoms with Gasteiger partial charge in [-0.2, -0.15) is 0 Å². The van der Waals surface area contributed by atoms with Crippen LogP contribution >= 0.6 is 0 Å². The second-order valence-electron chi connectivity index (χ2n) is 4.45. The standard InChI is InChI=1S/C14H19N3O/c1-8-5-12(18-4)9(2)10(3)13(8)14-11(6-15)16-7-17-14/h5,7H,6,15H2,1-4H3,(H,16,17). The van der Waals surface area contributed by atoms with Gasteiger partial charge in [-0.15, -0.1) is 0 Å². The molecule has 3 N–H and O–H groups in total. The third kappa shape index (κ3) is 1.88. The molecule has 2 aromatic rings. The van der Waals surface area contributed by atoms with E-state index in [1.54, 1.807) is 13.4 Å². The van der Waals surface area contributed by atoms with Crippen molar-refractivity contribution in [1.82, 2.24) is 9.97 Å². The number of hydrogen-bond donors (Lipinski definition) is 2. The molecule has 0 atom stereocenters. The molecule has 0 spiro atoms. The zero-order valence-corrected chi connectivity index (χ0v) is 11.3. The number of ether oxygens (including phenoxy) is 1. The van der Waals surface area contributed by atoms with Gasteiger partial charge >= 0.3 is 0 Å². The molecule has 0 bridgehead atoms. The Balaban J connectivity index is 2.69. The molecule has 1 aromatic heterocycles. The molecule has 0 saturated carbocycles. The van der Waals surface area contributed by atoms with Gasteiger partial charge in [-0.1, -0.05) is 0 Å². The van der Waals surface area contributed by atoms with Crippen LogP contribution in [-0.4, -0.2) is 17.1 Å². The molecule has 0 aliphatic carbocycles. The lowest BCUT2D eigenvalue weighted by atomic mass is 9.94. The number of nitrogens with two attached hydrogens (primary N) is 1. The Kier molecular flexibility index (Phi) is 3.39. The number of hydrogen-bond acceptors (Lipinski definition) is 3. The Labute approximate surface area is 107 Å². The molecule has 0 saturated heterocycles. The second-order valence-corrected chi connectivity index (χ2v) is 4.45. The fraction of sp³-hybridized carbons (Fsp3) is 0.357. The molecule has 0 radical (unpaired) electrons. The maximum atomic E-state index is 5.73. The SMILES string of the molecule is COc1cc(C)c(-c2nc[nH]c2CN)c(C)c1C. The maximum absolute atomic E-state index is 5.73. The first-order valence-corrected chi connectivity index (χ1v) is 5.97. The Morgan fingerprint density at radius 3 is 2.61 bits per heavy atom. The number of rotatable bonds is 3. The van der Waals surface area contributed by atoms with Crippen molar-refractivity contribution < 1.29 is 4.74 Å². The maximum Gasteiger partial charge on any atom is 0.122 e. The molecule has 18 heavy (non-hydrogen) atoms. The van der Waals surface area contributed by atoms with Gasteiger partial charge < -0.3 is 15.5 Å². The van der Waals surface area contributed by atoms with Gasteiger partial charge in [-0.3, -0.25) is 0 Å². The number of aromatic nitrogens is 2. The first-order chi connectivity index (χ1) is 8.60. The van der Waals surface area contributed by atoms with Crippen LogP contribution in [0.4, 0.5) is 0 Å². The number of benzene rings is 1. The van der Waals surface area contributed by atoms with E-state index in [2.05, 4.69) is 30.7 Å². The number of aryl methyl sites for hydroxylation is 1. The van der Waals surface area contributed by atoms with Crippen molar-refractivity contribution in [3.63, 3.8) is 0 Å². The summed E-state index contributed by atoms with van der Waals surface area (Å²) in [7, 11) is 1.70. The molecule has 0 unspecified atom stereocenters. The van der Waals surface area contributed by atoms with Crippen LogP contribution in [0.5, 0.6) is 5.75 Å². The van der Waals surface area contributed by atoms with Gasteiger partial charge in [0.05, 0.1) is 24.8 Å². The summed E-state index contributed by atoms with van der Waals surface area (Å²) in [6.45, 7) is 6.68. The fourth-order valence-corrected chi connectivity index (χ4v) is 2.31. The molecular weight excluding hydrogens is 226 g/mol. The second kappa shape index (κ2) is 4.82. The topological polar surface area (TPSA) is 63.9 Å². The predicted octanol–water partition coefficient (Wildman–Crippen LogP) is 2.47. The Morgan fingerprint density at radius 1 is 1.28 bits per heavy atom. The van der Waals surface area contributed by atoms with E-state index in [-0.39, 0.29) is 0 Å². The van der Waals surface area contributed by atoms with E-state index in [1.165, 1.54) is 5.56 Å². The average Bonchev–Trinajstić information content (AvgIpc) is 2.82. The summed E-state index contributed by atoms with van der Waals surface area (Å²) in [4.78, 5) is 7.49. The fourth-order valence-electron chi connectivity index (χ4n) is 2.31. The van der Waals surface area contributed by atoms with Crippen molar-refractivity contribution >= 4 is 0 Å². The first kappa shape index (κ1) is 12.6. The highest BCUT2D eigenvalue weighted by atomic mass is 16.5. The van der Waals surface area contributed by atoms with Crippen molar-refractivity contribution in [2.24, 2.45) is 5.73 Å². The number of nitrogens with zero attached hydrogens (tertiary/aromatic N) is 1. The molecule has 4 nitrogen and oxygen atoms in total. The van der Waals surface area contributed by atoms with Crippen LogP contribution in [0.2, 0.25) is 0 Å². The van der Waals surface area contributed by atoms with Crippen LogP contribution in [0, 0.1) is 20.8 Å². The Hall–Kier alpha value is -1.81. The normalized spacial score (nSPS) is 10.7. The van der Waals surface area contributed by atoms with E-state index in [1.807, 2.05) is 6.07 Å². The highest BCUT2D eigenvalue weighted by molar-refractivity contribution is 5.72. The summed E-state index contributed by atoms with van der Waals surface area (Å²) in [5.74, 6) is 0.915. The van der Waals surface area contributed by atoms with E-state index in [0.717, 1.165) is 33.8 Å². The van der Waals surface area contributed by atoms with Gasteiger partial charge in [0.25, 0.3) is 0 Å². The summed E-state index contributed by atoms with van der Waals surface area (Å²) >= 11 is 0. The van der Waals surface area contributed by atoms with Crippen LogP contribution < -0.4 is 10.5 Å². The molecule has 1 aromatic carbocycles. The van der Waals surface area contributed by atoms with Gasteiger partial charge in [0.1, 0.15) is 5.75 Å². The van der Waals surface area contributed by atoms with Crippen molar-refractivity contribution in [3.05, 3.63) is 34.8 Å². The monoisotopic (exact) mass is 245 g/mol. The van der Waals surface area contributed by atoms with Gasteiger partial charge in [0.2, 0.25) is 0 Å². The Bertz CT molecular complexity index is 573. The minimum atomic E-state index is 0.458. The third-order valence-corrected chi connectivity index (χ3v) is 3.43. The predicted molar refractivity (Wildman–Crippen MR) is 72.7 cm³/mol. The minimum absolute atomic E-state index is 0.458. The summed E-state index contributed by atoms with van der Waals surface area (Å²) in [5.41, 5.74) is 12.3. The molecule has 0 fully saturated rings.